The molecule has 0 bridgehead atoms. The Hall–Kier alpha value is -1.73. The average Bonchev–Trinajstić information content (AvgIpc) is 2.41. The molecule has 7 heteroatoms. The fourth-order valence-corrected chi connectivity index (χ4v) is 2.08. The van der Waals surface area contributed by atoms with Crippen molar-refractivity contribution in [2.75, 3.05) is 26.9 Å². The van der Waals surface area contributed by atoms with Crippen LogP contribution < -0.4 is 5.69 Å². The molecule has 1 rings (SSSR count). The van der Waals surface area contributed by atoms with E-state index in [4.69, 9.17) is 14.6 Å². The van der Waals surface area contributed by atoms with Gasteiger partial charge in [-0.05, 0) is 20.3 Å². The standard InChI is InChI=1S/C14H22N2O5/c1-10-12(9-13(17)18)11(2)16(14(19)15-10)5-4-6-21-8-7-20-3/h4-9H2,1-3H3,(H,17,18). The molecular formula is C14H22N2O5. The van der Waals surface area contributed by atoms with Crippen LogP contribution >= 0.6 is 0 Å². The van der Waals surface area contributed by atoms with Crippen molar-refractivity contribution >= 4 is 5.97 Å². The summed E-state index contributed by atoms with van der Waals surface area (Å²) in [7, 11) is 1.61. The Morgan fingerprint density at radius 1 is 1.29 bits per heavy atom. The second kappa shape index (κ2) is 8.53. The molecule has 1 aromatic rings. The van der Waals surface area contributed by atoms with E-state index < -0.39 is 5.97 Å². The number of hydrogen-bond acceptors (Lipinski definition) is 5. The number of rotatable bonds is 9. The smallest absolute Gasteiger partial charge is 0.347 e. The minimum atomic E-state index is -0.934. The average molecular weight is 298 g/mol. The van der Waals surface area contributed by atoms with Crippen molar-refractivity contribution in [2.24, 2.45) is 0 Å². The van der Waals surface area contributed by atoms with E-state index in [1.807, 2.05) is 0 Å². The van der Waals surface area contributed by atoms with Gasteiger partial charge in [0, 0.05) is 37.2 Å². The lowest BCUT2D eigenvalue weighted by molar-refractivity contribution is -0.136. The number of aryl methyl sites for hydroxylation is 1. The molecule has 0 aromatic carbocycles. The van der Waals surface area contributed by atoms with Crippen molar-refractivity contribution in [2.45, 2.75) is 33.2 Å². The summed E-state index contributed by atoms with van der Waals surface area (Å²) >= 11 is 0. The van der Waals surface area contributed by atoms with Gasteiger partial charge in [0.15, 0.2) is 0 Å². The van der Waals surface area contributed by atoms with Crippen molar-refractivity contribution < 1.29 is 19.4 Å². The lowest BCUT2D eigenvalue weighted by Crippen LogP contribution is -2.29. The quantitative estimate of drug-likeness (QED) is 0.669. The highest BCUT2D eigenvalue weighted by Crippen LogP contribution is 2.10. The van der Waals surface area contributed by atoms with Gasteiger partial charge in [-0.3, -0.25) is 9.36 Å². The maximum absolute atomic E-state index is 11.9. The normalized spacial score (nSPS) is 10.8. The van der Waals surface area contributed by atoms with E-state index in [2.05, 4.69) is 4.98 Å². The maximum atomic E-state index is 11.9. The minimum Gasteiger partial charge on any atom is -0.481 e. The van der Waals surface area contributed by atoms with Gasteiger partial charge in [-0.25, -0.2) is 4.79 Å². The Balaban J connectivity index is 2.73. The summed E-state index contributed by atoms with van der Waals surface area (Å²) < 4.78 is 11.7. The molecule has 0 atom stereocenters. The number of carbonyl (C=O) groups is 1. The number of hydrogen-bond donors (Lipinski definition) is 1. The van der Waals surface area contributed by atoms with Crippen molar-refractivity contribution in [3.63, 3.8) is 0 Å². The molecule has 0 spiro atoms. The Labute approximate surface area is 123 Å². The first kappa shape index (κ1) is 17.3. The molecule has 0 fully saturated rings. The number of aliphatic carboxylic acids is 1. The van der Waals surface area contributed by atoms with Gasteiger partial charge in [0.25, 0.3) is 0 Å². The molecule has 0 aliphatic heterocycles. The number of aromatic nitrogens is 2. The lowest BCUT2D eigenvalue weighted by atomic mass is 10.1. The van der Waals surface area contributed by atoms with Gasteiger partial charge in [-0.2, -0.15) is 4.98 Å². The van der Waals surface area contributed by atoms with Crippen LogP contribution in [0.25, 0.3) is 0 Å². The topological polar surface area (TPSA) is 90.7 Å². The minimum absolute atomic E-state index is 0.130. The molecule has 0 saturated carbocycles. The fourth-order valence-electron chi connectivity index (χ4n) is 2.08. The molecule has 7 nitrogen and oxygen atoms in total. The van der Waals surface area contributed by atoms with Crippen molar-refractivity contribution in [3.8, 4) is 0 Å². The predicted molar refractivity (Wildman–Crippen MR) is 76.6 cm³/mol. The third kappa shape index (κ3) is 5.28. The summed E-state index contributed by atoms with van der Waals surface area (Å²) in [5.74, 6) is -0.934. The Kier molecular flexibility index (Phi) is 7.04. The van der Waals surface area contributed by atoms with Crippen LogP contribution in [0.3, 0.4) is 0 Å². The molecule has 0 radical (unpaired) electrons. The lowest BCUT2D eigenvalue weighted by Gasteiger charge is -2.14. The molecule has 0 aliphatic rings. The van der Waals surface area contributed by atoms with Gasteiger partial charge in [0.1, 0.15) is 0 Å². The number of carboxylic acid groups (broad SMARTS) is 1. The summed E-state index contributed by atoms with van der Waals surface area (Å²) in [6.07, 6.45) is 0.525. The van der Waals surface area contributed by atoms with E-state index >= 15 is 0 Å². The van der Waals surface area contributed by atoms with Gasteiger partial charge in [-0.15, -0.1) is 0 Å². The molecule has 118 valence electrons. The third-order valence-electron chi connectivity index (χ3n) is 3.20. The van der Waals surface area contributed by atoms with Gasteiger partial charge >= 0.3 is 11.7 Å². The van der Waals surface area contributed by atoms with Gasteiger partial charge in [0.05, 0.1) is 19.6 Å². The van der Waals surface area contributed by atoms with Crippen LogP contribution in [0.15, 0.2) is 4.79 Å². The summed E-state index contributed by atoms with van der Waals surface area (Å²) in [6.45, 7) is 5.43. The van der Waals surface area contributed by atoms with Crippen LogP contribution in [0.2, 0.25) is 0 Å². The molecule has 0 unspecified atom stereocenters. The second-order valence-electron chi connectivity index (χ2n) is 4.72. The highest BCUT2D eigenvalue weighted by Gasteiger charge is 2.13. The molecule has 1 heterocycles. The number of methoxy groups -OCH3 is 1. The zero-order chi connectivity index (χ0) is 15.8. The summed E-state index contributed by atoms with van der Waals surface area (Å²) in [5.41, 5.74) is 1.39. The van der Waals surface area contributed by atoms with E-state index in [-0.39, 0.29) is 12.1 Å². The maximum Gasteiger partial charge on any atom is 0.347 e. The zero-order valence-electron chi connectivity index (χ0n) is 12.7. The molecular weight excluding hydrogens is 276 g/mol. The first-order valence-corrected chi connectivity index (χ1v) is 6.82. The second-order valence-corrected chi connectivity index (χ2v) is 4.72. The van der Waals surface area contributed by atoms with E-state index in [0.717, 1.165) is 0 Å². The van der Waals surface area contributed by atoms with Crippen LogP contribution in [0.1, 0.15) is 23.4 Å². The van der Waals surface area contributed by atoms with Gasteiger partial charge < -0.3 is 14.6 Å². The molecule has 0 saturated heterocycles. The first-order valence-electron chi connectivity index (χ1n) is 6.82. The monoisotopic (exact) mass is 298 g/mol. The number of nitrogens with zero attached hydrogens (tertiary/aromatic N) is 2. The highest BCUT2D eigenvalue weighted by atomic mass is 16.5. The predicted octanol–water partition coefficient (Wildman–Crippen LogP) is 0.540. The van der Waals surface area contributed by atoms with Gasteiger partial charge in [0.2, 0.25) is 0 Å². The van der Waals surface area contributed by atoms with Crippen LogP contribution in [0.5, 0.6) is 0 Å². The summed E-state index contributed by atoms with van der Waals surface area (Å²) in [5, 5.41) is 8.93. The number of carboxylic acids is 1. The van der Waals surface area contributed by atoms with Crippen molar-refractivity contribution in [1.82, 2.24) is 9.55 Å². The summed E-state index contributed by atoms with van der Waals surface area (Å²) in [4.78, 5) is 26.7. The van der Waals surface area contributed by atoms with E-state index in [9.17, 15) is 9.59 Å². The molecule has 1 N–H and O–H groups in total. The van der Waals surface area contributed by atoms with E-state index in [1.54, 1.807) is 21.0 Å². The van der Waals surface area contributed by atoms with Crippen molar-refractivity contribution in [1.29, 1.82) is 0 Å². The number of ether oxygens (including phenoxy) is 2. The third-order valence-corrected chi connectivity index (χ3v) is 3.20. The SMILES string of the molecule is COCCOCCCn1c(C)c(CC(=O)O)c(C)nc1=O. The largest absolute Gasteiger partial charge is 0.481 e. The van der Waals surface area contributed by atoms with Crippen LogP contribution in [0.4, 0.5) is 0 Å². The van der Waals surface area contributed by atoms with Crippen molar-refractivity contribution in [3.05, 3.63) is 27.4 Å². The zero-order valence-corrected chi connectivity index (χ0v) is 12.7. The summed E-state index contributed by atoms with van der Waals surface area (Å²) in [6, 6.07) is 0. The fraction of sp³-hybridized carbons (Fsp3) is 0.643. The Morgan fingerprint density at radius 2 is 2.00 bits per heavy atom. The van der Waals surface area contributed by atoms with Crippen LogP contribution in [-0.4, -0.2) is 47.6 Å². The Morgan fingerprint density at radius 3 is 2.62 bits per heavy atom. The van der Waals surface area contributed by atoms with E-state index in [0.29, 0.717) is 49.7 Å². The highest BCUT2D eigenvalue weighted by molar-refractivity contribution is 5.70. The molecule has 21 heavy (non-hydrogen) atoms. The molecule has 0 aliphatic carbocycles. The van der Waals surface area contributed by atoms with E-state index in [1.165, 1.54) is 4.57 Å². The molecule has 1 aromatic heterocycles. The first-order chi connectivity index (χ1) is 9.97. The van der Waals surface area contributed by atoms with Crippen LogP contribution in [0, 0.1) is 13.8 Å². The molecule has 0 amide bonds. The Bertz CT molecular complexity index is 539. The van der Waals surface area contributed by atoms with Gasteiger partial charge in [-0.1, -0.05) is 0 Å². The van der Waals surface area contributed by atoms with Crippen LogP contribution in [-0.2, 0) is 27.2 Å².